The zero-order valence-electron chi connectivity index (χ0n) is 14.6. The Hall–Kier alpha value is -2.18. The molecule has 0 bridgehead atoms. The highest BCUT2D eigenvalue weighted by Gasteiger charge is 2.09. The fourth-order valence-electron chi connectivity index (χ4n) is 2.14. The second-order valence-electron chi connectivity index (χ2n) is 6.09. The van der Waals surface area contributed by atoms with E-state index in [4.69, 9.17) is 4.74 Å². The number of rotatable bonds is 9. The summed E-state index contributed by atoms with van der Waals surface area (Å²) in [6.07, 6.45) is 0.771. The van der Waals surface area contributed by atoms with Crippen LogP contribution in [0.5, 0.6) is 0 Å². The summed E-state index contributed by atoms with van der Waals surface area (Å²) in [6, 6.07) is 10.5. The monoisotopic (exact) mass is 360 g/mol. The predicted octanol–water partition coefficient (Wildman–Crippen LogP) is 3.79. The molecule has 25 heavy (non-hydrogen) atoms. The molecule has 2 amide bonds. The third-order valence-corrected chi connectivity index (χ3v) is 4.20. The molecule has 5 nitrogen and oxygen atoms in total. The SMILES string of the molecule is CC(C)COCCCNC(=O)c1cccc(NC(=O)c2cccs2)c1. The van der Waals surface area contributed by atoms with Gasteiger partial charge in [-0.3, -0.25) is 9.59 Å². The highest BCUT2D eigenvalue weighted by molar-refractivity contribution is 7.12. The first-order chi connectivity index (χ1) is 12.1. The Labute approximate surface area is 152 Å². The molecule has 0 saturated heterocycles. The van der Waals surface area contributed by atoms with Crippen LogP contribution >= 0.6 is 11.3 Å². The Morgan fingerprint density at radius 2 is 2.00 bits per heavy atom. The second-order valence-corrected chi connectivity index (χ2v) is 7.04. The van der Waals surface area contributed by atoms with Gasteiger partial charge in [0.2, 0.25) is 0 Å². The maximum Gasteiger partial charge on any atom is 0.265 e. The lowest BCUT2D eigenvalue weighted by molar-refractivity contribution is 0.0924. The third-order valence-electron chi connectivity index (χ3n) is 3.33. The minimum Gasteiger partial charge on any atom is -0.381 e. The van der Waals surface area contributed by atoms with Crippen LogP contribution in [0, 0.1) is 5.92 Å². The van der Waals surface area contributed by atoms with E-state index in [2.05, 4.69) is 24.5 Å². The number of thiophene rings is 1. The minimum atomic E-state index is -0.171. The molecular weight excluding hydrogens is 336 g/mol. The van der Waals surface area contributed by atoms with Crippen molar-refractivity contribution in [3.63, 3.8) is 0 Å². The molecule has 0 spiro atoms. The van der Waals surface area contributed by atoms with Gasteiger partial charge in [-0.25, -0.2) is 0 Å². The molecule has 0 atom stereocenters. The molecule has 134 valence electrons. The summed E-state index contributed by atoms with van der Waals surface area (Å²) in [5.74, 6) is 0.188. The predicted molar refractivity (Wildman–Crippen MR) is 101 cm³/mol. The van der Waals surface area contributed by atoms with Crippen LogP contribution in [0.1, 0.15) is 40.3 Å². The maximum atomic E-state index is 12.2. The van der Waals surface area contributed by atoms with Gasteiger partial charge in [-0.2, -0.15) is 0 Å². The summed E-state index contributed by atoms with van der Waals surface area (Å²) in [6.45, 7) is 6.13. The van der Waals surface area contributed by atoms with Crippen LogP contribution in [0.2, 0.25) is 0 Å². The van der Waals surface area contributed by atoms with E-state index in [1.807, 2.05) is 11.4 Å². The van der Waals surface area contributed by atoms with Crippen molar-refractivity contribution in [3.05, 3.63) is 52.2 Å². The van der Waals surface area contributed by atoms with Crippen molar-refractivity contribution in [2.45, 2.75) is 20.3 Å². The molecule has 2 N–H and O–H groups in total. The molecule has 1 aromatic carbocycles. The molecule has 0 aliphatic carbocycles. The first-order valence-corrected chi connectivity index (χ1v) is 9.25. The topological polar surface area (TPSA) is 67.4 Å². The number of carbonyl (C=O) groups excluding carboxylic acids is 2. The van der Waals surface area contributed by atoms with Gasteiger partial charge in [0.25, 0.3) is 11.8 Å². The van der Waals surface area contributed by atoms with E-state index in [1.54, 1.807) is 30.3 Å². The van der Waals surface area contributed by atoms with Crippen LogP contribution in [-0.2, 0) is 4.74 Å². The normalized spacial score (nSPS) is 10.7. The Balaban J connectivity index is 1.79. The molecule has 1 aromatic heterocycles. The number of hydrogen-bond acceptors (Lipinski definition) is 4. The lowest BCUT2D eigenvalue weighted by atomic mass is 10.2. The highest BCUT2D eigenvalue weighted by atomic mass is 32.1. The molecular formula is C19H24N2O3S. The Kier molecular flexibility index (Phi) is 7.63. The van der Waals surface area contributed by atoms with Gasteiger partial charge in [-0.15, -0.1) is 11.3 Å². The number of benzene rings is 1. The average Bonchev–Trinajstić information content (AvgIpc) is 3.12. The molecule has 6 heteroatoms. The van der Waals surface area contributed by atoms with Crippen LogP contribution in [0.15, 0.2) is 41.8 Å². The zero-order valence-corrected chi connectivity index (χ0v) is 15.4. The van der Waals surface area contributed by atoms with E-state index in [1.165, 1.54) is 11.3 Å². The van der Waals surface area contributed by atoms with Crippen molar-refractivity contribution in [2.24, 2.45) is 5.92 Å². The van der Waals surface area contributed by atoms with E-state index in [0.717, 1.165) is 13.0 Å². The summed E-state index contributed by atoms with van der Waals surface area (Å²) in [5.41, 5.74) is 1.12. The van der Waals surface area contributed by atoms with Gasteiger partial charge in [0.15, 0.2) is 0 Å². The number of nitrogens with one attached hydrogen (secondary N) is 2. The van der Waals surface area contributed by atoms with Gasteiger partial charge >= 0.3 is 0 Å². The molecule has 0 unspecified atom stereocenters. The van der Waals surface area contributed by atoms with Gasteiger partial charge in [-0.05, 0) is 42.0 Å². The van der Waals surface area contributed by atoms with Crippen LogP contribution in [0.4, 0.5) is 5.69 Å². The highest BCUT2D eigenvalue weighted by Crippen LogP contribution is 2.15. The number of amides is 2. The van der Waals surface area contributed by atoms with Crippen molar-refractivity contribution in [1.29, 1.82) is 0 Å². The van der Waals surface area contributed by atoms with E-state index in [-0.39, 0.29) is 11.8 Å². The van der Waals surface area contributed by atoms with Gasteiger partial charge in [0.1, 0.15) is 0 Å². The molecule has 2 aromatic rings. The number of carbonyl (C=O) groups is 2. The smallest absolute Gasteiger partial charge is 0.265 e. The molecule has 0 aliphatic rings. The van der Waals surface area contributed by atoms with Gasteiger partial charge in [-0.1, -0.05) is 26.0 Å². The van der Waals surface area contributed by atoms with Crippen molar-refractivity contribution >= 4 is 28.8 Å². The van der Waals surface area contributed by atoms with Gasteiger partial charge < -0.3 is 15.4 Å². The fourth-order valence-corrected chi connectivity index (χ4v) is 2.75. The molecule has 0 radical (unpaired) electrons. The summed E-state index contributed by atoms with van der Waals surface area (Å²) in [5, 5.41) is 7.52. The number of hydrogen-bond donors (Lipinski definition) is 2. The Morgan fingerprint density at radius 1 is 1.16 bits per heavy atom. The fraction of sp³-hybridized carbons (Fsp3) is 0.368. The van der Waals surface area contributed by atoms with Crippen molar-refractivity contribution in [3.8, 4) is 0 Å². The average molecular weight is 360 g/mol. The third kappa shape index (κ3) is 6.68. The lowest BCUT2D eigenvalue weighted by Crippen LogP contribution is -2.25. The molecule has 0 aliphatic heterocycles. The molecule has 0 saturated carbocycles. The maximum absolute atomic E-state index is 12.2. The summed E-state index contributed by atoms with van der Waals surface area (Å²) in [4.78, 5) is 24.9. The second kappa shape index (κ2) is 9.96. The van der Waals surface area contributed by atoms with E-state index >= 15 is 0 Å². The van der Waals surface area contributed by atoms with Crippen LogP contribution < -0.4 is 10.6 Å². The first kappa shape index (κ1) is 19.1. The van der Waals surface area contributed by atoms with E-state index in [9.17, 15) is 9.59 Å². The standard InChI is InChI=1S/C19H24N2O3S/c1-14(2)13-24-10-5-9-20-18(22)15-6-3-7-16(12-15)21-19(23)17-8-4-11-25-17/h3-4,6-8,11-12,14H,5,9-10,13H2,1-2H3,(H,20,22)(H,21,23). The minimum absolute atomic E-state index is 0.156. The van der Waals surface area contributed by atoms with E-state index < -0.39 is 0 Å². The largest absolute Gasteiger partial charge is 0.381 e. The Morgan fingerprint density at radius 3 is 2.72 bits per heavy atom. The van der Waals surface area contributed by atoms with Crippen LogP contribution in [0.25, 0.3) is 0 Å². The quantitative estimate of drug-likeness (QED) is 0.669. The molecule has 1 heterocycles. The van der Waals surface area contributed by atoms with Crippen molar-refractivity contribution in [2.75, 3.05) is 25.1 Å². The lowest BCUT2D eigenvalue weighted by Gasteiger charge is -2.09. The van der Waals surface area contributed by atoms with Crippen LogP contribution in [-0.4, -0.2) is 31.6 Å². The van der Waals surface area contributed by atoms with Gasteiger partial charge in [0.05, 0.1) is 4.88 Å². The number of anilines is 1. The number of ether oxygens (including phenoxy) is 1. The van der Waals surface area contributed by atoms with Gasteiger partial charge in [0, 0.05) is 31.0 Å². The van der Waals surface area contributed by atoms with Crippen LogP contribution in [0.3, 0.4) is 0 Å². The van der Waals surface area contributed by atoms with E-state index in [0.29, 0.717) is 35.2 Å². The zero-order chi connectivity index (χ0) is 18.1. The first-order valence-electron chi connectivity index (χ1n) is 8.37. The summed E-state index contributed by atoms with van der Waals surface area (Å²) in [7, 11) is 0. The summed E-state index contributed by atoms with van der Waals surface area (Å²) < 4.78 is 5.48. The molecule has 2 rings (SSSR count). The van der Waals surface area contributed by atoms with Crippen molar-refractivity contribution < 1.29 is 14.3 Å². The molecule has 0 fully saturated rings. The Bertz CT molecular complexity index is 684. The summed E-state index contributed by atoms with van der Waals surface area (Å²) >= 11 is 1.38. The van der Waals surface area contributed by atoms with Crippen molar-refractivity contribution in [1.82, 2.24) is 5.32 Å².